The van der Waals surface area contributed by atoms with E-state index in [1.165, 1.54) is 12.1 Å². The number of amides is 2. The average molecular weight is 294 g/mol. The van der Waals surface area contributed by atoms with Gasteiger partial charge in [0.15, 0.2) is 0 Å². The summed E-state index contributed by atoms with van der Waals surface area (Å²) in [7, 11) is 0. The topological polar surface area (TPSA) is 58.6 Å². The lowest BCUT2D eigenvalue weighted by molar-refractivity contribution is 0.0698. The van der Waals surface area contributed by atoms with E-state index in [0.717, 1.165) is 0 Å². The average Bonchev–Trinajstić information content (AvgIpc) is 2.48. The number of nitrogens with one attached hydrogen (secondary N) is 1. The summed E-state index contributed by atoms with van der Waals surface area (Å²) in [6.45, 7) is 3.06. The first kappa shape index (κ1) is 15.3. The lowest BCUT2D eigenvalue weighted by Gasteiger charge is -2.32. The minimum absolute atomic E-state index is 0.00581. The van der Waals surface area contributed by atoms with Gasteiger partial charge in [-0.05, 0) is 31.9 Å². The molecular formula is C15H19FN2O3. The van der Waals surface area contributed by atoms with E-state index >= 15 is 0 Å². The zero-order chi connectivity index (χ0) is 15.2. The van der Waals surface area contributed by atoms with Gasteiger partial charge in [0.25, 0.3) is 5.91 Å². The maximum Gasteiger partial charge on any atom is 0.407 e. The lowest BCUT2D eigenvalue weighted by atomic mass is 10.0. The molecule has 5 nitrogen and oxygen atoms in total. The van der Waals surface area contributed by atoms with Gasteiger partial charge in [0.1, 0.15) is 5.82 Å². The highest BCUT2D eigenvalue weighted by atomic mass is 19.1. The van der Waals surface area contributed by atoms with E-state index < -0.39 is 11.9 Å². The molecule has 1 aliphatic rings. The Morgan fingerprint density at radius 1 is 1.33 bits per heavy atom. The third-order valence-corrected chi connectivity index (χ3v) is 3.48. The van der Waals surface area contributed by atoms with Crippen molar-refractivity contribution in [1.29, 1.82) is 0 Å². The van der Waals surface area contributed by atoms with Gasteiger partial charge in [-0.3, -0.25) is 4.79 Å². The van der Waals surface area contributed by atoms with Crippen molar-refractivity contribution in [2.24, 2.45) is 0 Å². The Hall–Kier alpha value is -2.11. The van der Waals surface area contributed by atoms with Gasteiger partial charge in [-0.15, -0.1) is 0 Å². The molecule has 114 valence electrons. The van der Waals surface area contributed by atoms with Crippen molar-refractivity contribution in [3.8, 4) is 0 Å². The van der Waals surface area contributed by atoms with Crippen molar-refractivity contribution >= 4 is 12.0 Å². The first-order chi connectivity index (χ1) is 10.1. The number of nitrogens with zero attached hydrogens (tertiary/aromatic N) is 1. The summed E-state index contributed by atoms with van der Waals surface area (Å²) >= 11 is 0. The molecule has 1 fully saturated rings. The van der Waals surface area contributed by atoms with Gasteiger partial charge < -0.3 is 15.0 Å². The zero-order valence-corrected chi connectivity index (χ0v) is 12.0. The molecule has 1 aromatic rings. The number of likely N-dealkylation sites (tertiary alicyclic amines) is 1. The quantitative estimate of drug-likeness (QED) is 0.929. The second kappa shape index (κ2) is 7.06. The molecule has 0 radical (unpaired) electrons. The SMILES string of the molecule is CCOC(=O)NC1CCN(C(=O)c2ccccc2F)CC1. The number of carbonyl (C=O) groups excluding carboxylic acids is 2. The van der Waals surface area contributed by atoms with Gasteiger partial charge in [0, 0.05) is 19.1 Å². The maximum absolute atomic E-state index is 13.6. The molecule has 0 aromatic heterocycles. The fraction of sp³-hybridized carbons (Fsp3) is 0.467. The van der Waals surface area contributed by atoms with Gasteiger partial charge in [-0.2, -0.15) is 0 Å². The predicted molar refractivity (Wildman–Crippen MR) is 75.5 cm³/mol. The summed E-state index contributed by atoms with van der Waals surface area (Å²) in [5, 5.41) is 2.76. The van der Waals surface area contributed by atoms with Crippen molar-refractivity contribution in [3.05, 3.63) is 35.6 Å². The smallest absolute Gasteiger partial charge is 0.407 e. The van der Waals surface area contributed by atoms with E-state index in [2.05, 4.69) is 5.32 Å². The van der Waals surface area contributed by atoms with Crippen LogP contribution in [-0.4, -0.2) is 42.6 Å². The second-order valence-corrected chi connectivity index (χ2v) is 4.91. The maximum atomic E-state index is 13.6. The molecule has 1 aliphatic heterocycles. The van der Waals surface area contributed by atoms with Crippen LogP contribution in [0.15, 0.2) is 24.3 Å². The van der Waals surface area contributed by atoms with Crippen LogP contribution in [0.25, 0.3) is 0 Å². The number of piperidine rings is 1. The van der Waals surface area contributed by atoms with Crippen LogP contribution >= 0.6 is 0 Å². The second-order valence-electron chi connectivity index (χ2n) is 4.91. The largest absolute Gasteiger partial charge is 0.450 e. The normalized spacial score (nSPS) is 15.6. The first-order valence-electron chi connectivity index (χ1n) is 7.09. The summed E-state index contributed by atoms with van der Waals surface area (Å²) < 4.78 is 18.4. The lowest BCUT2D eigenvalue weighted by Crippen LogP contribution is -2.46. The van der Waals surface area contributed by atoms with E-state index in [-0.39, 0.29) is 17.5 Å². The molecule has 2 rings (SSSR count). The molecular weight excluding hydrogens is 275 g/mol. The van der Waals surface area contributed by atoms with E-state index in [9.17, 15) is 14.0 Å². The molecule has 21 heavy (non-hydrogen) atoms. The monoisotopic (exact) mass is 294 g/mol. The number of benzene rings is 1. The first-order valence-corrected chi connectivity index (χ1v) is 7.09. The van der Waals surface area contributed by atoms with Crippen LogP contribution in [-0.2, 0) is 4.74 Å². The van der Waals surface area contributed by atoms with Crippen molar-refractivity contribution in [1.82, 2.24) is 10.2 Å². The minimum atomic E-state index is -0.505. The Morgan fingerprint density at radius 3 is 2.62 bits per heavy atom. The van der Waals surface area contributed by atoms with Crippen LogP contribution in [0.1, 0.15) is 30.1 Å². The van der Waals surface area contributed by atoms with Crippen LogP contribution in [0.2, 0.25) is 0 Å². The predicted octanol–water partition coefficient (Wildman–Crippen LogP) is 2.18. The standard InChI is InChI=1S/C15H19FN2O3/c1-2-21-15(20)17-11-7-9-18(10-8-11)14(19)12-5-3-4-6-13(12)16/h3-6,11H,2,7-10H2,1H3,(H,17,20). The van der Waals surface area contributed by atoms with Gasteiger partial charge in [-0.25, -0.2) is 9.18 Å². The number of carbonyl (C=O) groups is 2. The molecule has 2 amide bonds. The molecule has 0 atom stereocenters. The van der Waals surface area contributed by atoms with Crippen molar-refractivity contribution in [2.45, 2.75) is 25.8 Å². The molecule has 0 saturated carbocycles. The van der Waals surface area contributed by atoms with Crippen LogP contribution in [0.4, 0.5) is 9.18 Å². The van der Waals surface area contributed by atoms with Crippen LogP contribution in [0.5, 0.6) is 0 Å². The molecule has 1 aromatic carbocycles. The van der Waals surface area contributed by atoms with Crippen LogP contribution in [0.3, 0.4) is 0 Å². The third kappa shape index (κ3) is 3.93. The fourth-order valence-electron chi connectivity index (χ4n) is 2.37. The molecule has 0 bridgehead atoms. The van der Waals surface area contributed by atoms with Crippen molar-refractivity contribution in [2.75, 3.05) is 19.7 Å². The summed E-state index contributed by atoms with van der Waals surface area (Å²) in [5.41, 5.74) is 0.0919. The number of hydrogen-bond donors (Lipinski definition) is 1. The Morgan fingerprint density at radius 2 is 2.00 bits per heavy atom. The number of hydrogen-bond acceptors (Lipinski definition) is 3. The highest BCUT2D eigenvalue weighted by molar-refractivity contribution is 5.94. The molecule has 0 aliphatic carbocycles. The molecule has 6 heteroatoms. The van der Waals surface area contributed by atoms with Crippen molar-refractivity contribution in [3.63, 3.8) is 0 Å². The molecule has 1 N–H and O–H groups in total. The van der Waals surface area contributed by atoms with Crippen molar-refractivity contribution < 1.29 is 18.7 Å². The number of ether oxygens (including phenoxy) is 1. The Labute approximate surface area is 123 Å². The third-order valence-electron chi connectivity index (χ3n) is 3.48. The van der Waals surface area contributed by atoms with E-state index in [1.54, 1.807) is 24.0 Å². The van der Waals surface area contributed by atoms with Gasteiger partial charge in [-0.1, -0.05) is 12.1 Å². The Bertz CT molecular complexity index is 513. The van der Waals surface area contributed by atoms with Gasteiger partial charge >= 0.3 is 6.09 Å². The zero-order valence-electron chi connectivity index (χ0n) is 12.0. The summed E-state index contributed by atoms with van der Waals surface area (Å²) in [6.07, 6.45) is 0.842. The number of alkyl carbamates (subject to hydrolysis) is 1. The van der Waals surface area contributed by atoms with Gasteiger partial charge in [0.2, 0.25) is 0 Å². The number of rotatable bonds is 3. The fourth-order valence-corrected chi connectivity index (χ4v) is 2.37. The van der Waals surface area contributed by atoms with E-state index in [4.69, 9.17) is 4.74 Å². The Balaban J connectivity index is 1.88. The van der Waals surface area contributed by atoms with Crippen LogP contribution < -0.4 is 5.32 Å². The molecule has 0 unspecified atom stereocenters. The Kier molecular flexibility index (Phi) is 5.14. The molecule has 1 saturated heterocycles. The number of halogens is 1. The minimum Gasteiger partial charge on any atom is -0.450 e. The molecule has 1 heterocycles. The van der Waals surface area contributed by atoms with E-state index in [0.29, 0.717) is 32.5 Å². The molecule has 0 spiro atoms. The van der Waals surface area contributed by atoms with Crippen LogP contribution in [0, 0.1) is 5.82 Å². The highest BCUT2D eigenvalue weighted by Crippen LogP contribution is 2.16. The van der Waals surface area contributed by atoms with Gasteiger partial charge in [0.05, 0.1) is 12.2 Å². The highest BCUT2D eigenvalue weighted by Gasteiger charge is 2.26. The summed E-state index contributed by atoms with van der Waals surface area (Å²) in [4.78, 5) is 25.2. The van der Waals surface area contributed by atoms with E-state index in [1.807, 2.05) is 0 Å². The summed E-state index contributed by atoms with van der Waals surface area (Å²) in [6, 6.07) is 5.96. The summed E-state index contributed by atoms with van der Waals surface area (Å²) in [5.74, 6) is -0.808.